The molecule has 3 aliphatic rings. The van der Waals surface area contributed by atoms with Crippen LogP contribution in [0.4, 0.5) is 0 Å². The molecule has 18 heavy (non-hydrogen) atoms. The summed E-state index contributed by atoms with van der Waals surface area (Å²) in [5, 5.41) is 3.93. The number of rotatable bonds is 2. The lowest BCUT2D eigenvalue weighted by molar-refractivity contribution is 0.0206. The SMILES string of the molecule is CC(C)(C)C1CNC2(CCCC2)CN1CC1CC1. The zero-order valence-electron chi connectivity index (χ0n) is 12.5. The molecule has 3 rings (SSSR count). The topological polar surface area (TPSA) is 15.3 Å². The maximum atomic E-state index is 3.93. The Morgan fingerprint density at radius 1 is 1.17 bits per heavy atom. The van der Waals surface area contributed by atoms with Crippen molar-refractivity contribution in [1.29, 1.82) is 0 Å². The van der Waals surface area contributed by atoms with Gasteiger partial charge in [-0.2, -0.15) is 0 Å². The maximum Gasteiger partial charge on any atom is 0.0309 e. The molecule has 2 nitrogen and oxygen atoms in total. The van der Waals surface area contributed by atoms with E-state index in [4.69, 9.17) is 0 Å². The van der Waals surface area contributed by atoms with Crippen molar-refractivity contribution in [2.24, 2.45) is 11.3 Å². The van der Waals surface area contributed by atoms with E-state index in [1.807, 2.05) is 0 Å². The van der Waals surface area contributed by atoms with Gasteiger partial charge in [0.05, 0.1) is 0 Å². The van der Waals surface area contributed by atoms with E-state index in [1.165, 1.54) is 58.2 Å². The van der Waals surface area contributed by atoms with Crippen molar-refractivity contribution >= 4 is 0 Å². The van der Waals surface area contributed by atoms with Crippen molar-refractivity contribution in [3.63, 3.8) is 0 Å². The minimum atomic E-state index is 0.405. The first-order chi connectivity index (χ1) is 8.49. The van der Waals surface area contributed by atoms with Gasteiger partial charge in [-0.3, -0.25) is 4.90 Å². The molecule has 1 N–H and O–H groups in total. The molecule has 0 aromatic heterocycles. The van der Waals surface area contributed by atoms with Crippen molar-refractivity contribution in [2.45, 2.75) is 70.9 Å². The van der Waals surface area contributed by atoms with E-state index < -0.39 is 0 Å². The van der Waals surface area contributed by atoms with Crippen LogP contribution in [-0.4, -0.2) is 36.1 Å². The second-order valence-electron chi connectivity index (χ2n) is 8.12. The molecule has 1 heterocycles. The summed E-state index contributed by atoms with van der Waals surface area (Å²) >= 11 is 0. The molecule has 2 aliphatic carbocycles. The fraction of sp³-hybridized carbons (Fsp3) is 1.00. The van der Waals surface area contributed by atoms with Crippen LogP contribution in [0.1, 0.15) is 59.3 Å². The van der Waals surface area contributed by atoms with Gasteiger partial charge >= 0.3 is 0 Å². The van der Waals surface area contributed by atoms with Crippen LogP contribution >= 0.6 is 0 Å². The average Bonchev–Trinajstić information content (AvgIpc) is 2.98. The summed E-state index contributed by atoms with van der Waals surface area (Å²) in [5.41, 5.74) is 0.888. The molecule has 1 spiro atoms. The highest BCUT2D eigenvalue weighted by molar-refractivity contribution is 5.04. The summed E-state index contributed by atoms with van der Waals surface area (Å²) in [4.78, 5) is 2.85. The summed E-state index contributed by atoms with van der Waals surface area (Å²) in [6, 6.07) is 0.726. The zero-order chi connectivity index (χ0) is 12.8. The van der Waals surface area contributed by atoms with Crippen LogP contribution in [0.25, 0.3) is 0 Å². The van der Waals surface area contributed by atoms with Crippen LogP contribution in [0.3, 0.4) is 0 Å². The van der Waals surface area contributed by atoms with Crippen molar-refractivity contribution in [1.82, 2.24) is 10.2 Å². The predicted molar refractivity (Wildman–Crippen MR) is 76.7 cm³/mol. The monoisotopic (exact) mass is 250 g/mol. The second-order valence-corrected chi connectivity index (χ2v) is 8.12. The van der Waals surface area contributed by atoms with Gasteiger partial charge in [0.2, 0.25) is 0 Å². The molecule has 1 atom stereocenters. The van der Waals surface area contributed by atoms with Gasteiger partial charge in [0, 0.05) is 31.2 Å². The van der Waals surface area contributed by atoms with Gasteiger partial charge in [0.25, 0.3) is 0 Å². The lowest BCUT2D eigenvalue weighted by atomic mass is 9.81. The molecular weight excluding hydrogens is 220 g/mol. The third-order valence-corrected chi connectivity index (χ3v) is 5.37. The molecule has 2 heteroatoms. The maximum absolute atomic E-state index is 3.93. The fourth-order valence-electron chi connectivity index (χ4n) is 4.06. The zero-order valence-corrected chi connectivity index (χ0v) is 12.5. The Labute approximate surface area is 113 Å². The molecule has 1 aliphatic heterocycles. The van der Waals surface area contributed by atoms with E-state index >= 15 is 0 Å². The van der Waals surface area contributed by atoms with Gasteiger partial charge in [0.1, 0.15) is 0 Å². The van der Waals surface area contributed by atoms with Gasteiger partial charge in [-0.15, -0.1) is 0 Å². The Hall–Kier alpha value is -0.0800. The van der Waals surface area contributed by atoms with Crippen LogP contribution < -0.4 is 5.32 Å². The van der Waals surface area contributed by atoms with E-state index in [9.17, 15) is 0 Å². The van der Waals surface area contributed by atoms with Crippen LogP contribution in [0.15, 0.2) is 0 Å². The Bertz CT molecular complexity index is 295. The van der Waals surface area contributed by atoms with Gasteiger partial charge < -0.3 is 5.32 Å². The van der Waals surface area contributed by atoms with Crippen LogP contribution in [0.2, 0.25) is 0 Å². The van der Waals surface area contributed by atoms with Crippen molar-refractivity contribution in [2.75, 3.05) is 19.6 Å². The van der Waals surface area contributed by atoms with Gasteiger partial charge in [-0.25, -0.2) is 0 Å². The van der Waals surface area contributed by atoms with E-state index in [2.05, 4.69) is 31.0 Å². The molecule has 0 radical (unpaired) electrons. The number of hydrogen-bond donors (Lipinski definition) is 1. The highest BCUT2D eigenvalue weighted by Crippen LogP contribution is 2.39. The largest absolute Gasteiger partial charge is 0.308 e. The van der Waals surface area contributed by atoms with Gasteiger partial charge in [0.15, 0.2) is 0 Å². The first kappa shape index (κ1) is 12.9. The molecule has 104 valence electrons. The van der Waals surface area contributed by atoms with Gasteiger partial charge in [-0.1, -0.05) is 33.6 Å². The quantitative estimate of drug-likeness (QED) is 0.810. The minimum absolute atomic E-state index is 0.405. The summed E-state index contributed by atoms with van der Waals surface area (Å²) in [6.07, 6.45) is 8.65. The molecule has 3 fully saturated rings. The molecular formula is C16H30N2. The fourth-order valence-corrected chi connectivity index (χ4v) is 4.06. The van der Waals surface area contributed by atoms with Crippen molar-refractivity contribution < 1.29 is 0 Å². The highest BCUT2D eigenvalue weighted by Gasteiger charge is 2.45. The highest BCUT2D eigenvalue weighted by atomic mass is 15.3. The summed E-state index contributed by atoms with van der Waals surface area (Å²) in [6.45, 7) is 11.1. The number of nitrogens with zero attached hydrogens (tertiary/aromatic N) is 1. The number of nitrogens with one attached hydrogen (secondary N) is 1. The summed E-state index contributed by atoms with van der Waals surface area (Å²) in [7, 11) is 0. The van der Waals surface area contributed by atoms with Crippen LogP contribution in [0.5, 0.6) is 0 Å². The molecule has 2 saturated carbocycles. The van der Waals surface area contributed by atoms with E-state index in [-0.39, 0.29) is 0 Å². The Kier molecular flexibility index (Phi) is 3.22. The number of piperazine rings is 1. The Morgan fingerprint density at radius 3 is 2.39 bits per heavy atom. The first-order valence-electron chi connectivity index (χ1n) is 7.98. The summed E-state index contributed by atoms with van der Waals surface area (Å²) < 4.78 is 0. The van der Waals surface area contributed by atoms with Gasteiger partial charge in [-0.05, 0) is 37.0 Å². The van der Waals surface area contributed by atoms with E-state index in [1.54, 1.807) is 0 Å². The third-order valence-electron chi connectivity index (χ3n) is 5.37. The van der Waals surface area contributed by atoms with Crippen molar-refractivity contribution in [3.05, 3.63) is 0 Å². The smallest absolute Gasteiger partial charge is 0.0309 e. The Morgan fingerprint density at radius 2 is 1.83 bits per heavy atom. The molecule has 1 unspecified atom stereocenters. The molecule has 1 saturated heterocycles. The average molecular weight is 250 g/mol. The van der Waals surface area contributed by atoms with Crippen LogP contribution in [0, 0.1) is 11.3 Å². The lowest BCUT2D eigenvalue weighted by Crippen LogP contribution is -2.66. The standard InChI is InChI=1S/C16H30N2/c1-15(2,3)14-10-17-16(8-4-5-9-16)12-18(14)11-13-6-7-13/h13-14,17H,4-12H2,1-3H3. The lowest BCUT2D eigenvalue weighted by Gasteiger charge is -2.51. The minimum Gasteiger partial charge on any atom is -0.308 e. The third kappa shape index (κ3) is 2.60. The van der Waals surface area contributed by atoms with Crippen LogP contribution in [-0.2, 0) is 0 Å². The molecule has 0 bridgehead atoms. The van der Waals surface area contributed by atoms with E-state index in [0.717, 1.165) is 12.0 Å². The molecule has 0 amide bonds. The Balaban J connectivity index is 1.72. The second kappa shape index (κ2) is 4.49. The normalized spacial score (nSPS) is 33.2. The van der Waals surface area contributed by atoms with Crippen molar-refractivity contribution in [3.8, 4) is 0 Å². The summed E-state index contributed by atoms with van der Waals surface area (Å²) in [5.74, 6) is 1.02. The van der Waals surface area contributed by atoms with E-state index in [0.29, 0.717) is 11.0 Å². The first-order valence-corrected chi connectivity index (χ1v) is 7.98. The predicted octanol–water partition coefficient (Wildman–Crippen LogP) is 3.03. The molecule has 0 aromatic carbocycles. The molecule has 0 aromatic rings. The number of hydrogen-bond acceptors (Lipinski definition) is 2.